The van der Waals surface area contributed by atoms with E-state index in [-0.39, 0.29) is 18.3 Å². The summed E-state index contributed by atoms with van der Waals surface area (Å²) in [5.41, 5.74) is 3.91. The highest BCUT2D eigenvalue weighted by molar-refractivity contribution is 6.50. The van der Waals surface area contributed by atoms with Gasteiger partial charge in [0.05, 0.1) is 11.8 Å². The van der Waals surface area contributed by atoms with Gasteiger partial charge >= 0.3 is 5.97 Å². The number of nitrogens with two attached hydrogens (primary N) is 1. The van der Waals surface area contributed by atoms with Gasteiger partial charge in [-0.2, -0.15) is 0 Å². The Balaban J connectivity index is 5.67. The summed E-state index contributed by atoms with van der Waals surface area (Å²) < 4.78 is 2.80. The van der Waals surface area contributed by atoms with Crippen molar-refractivity contribution in [3.63, 3.8) is 0 Å². The zero-order valence-electron chi connectivity index (χ0n) is 15.0. The van der Waals surface area contributed by atoms with E-state index >= 15 is 0 Å². The number of carbonyl (C=O) groups excluding carboxylic acids is 3. The second kappa shape index (κ2) is 9.51. The molecule has 0 saturated heterocycles. The summed E-state index contributed by atoms with van der Waals surface area (Å²) in [5.74, 6) is -5.05. The van der Waals surface area contributed by atoms with E-state index in [0.717, 1.165) is 0 Å². The summed E-state index contributed by atoms with van der Waals surface area (Å²) in [6.45, 7) is 8.05. The highest BCUT2D eigenvalue weighted by atomic mass is 35.5. The van der Waals surface area contributed by atoms with Crippen LogP contribution in [0.5, 0.6) is 0 Å². The molecule has 0 aliphatic carbocycles. The minimum absolute atomic E-state index is 0.0911. The van der Waals surface area contributed by atoms with Gasteiger partial charge in [-0.1, -0.05) is 50.9 Å². The fourth-order valence-electron chi connectivity index (χ4n) is 2.28. The fraction of sp³-hybridized carbons (Fsp3) is 0.812. The smallest absolute Gasteiger partial charge is 0.336 e. The van der Waals surface area contributed by atoms with E-state index in [0.29, 0.717) is 0 Å². The van der Waals surface area contributed by atoms with Gasteiger partial charge in [0.1, 0.15) is 6.10 Å². The molecular formula is C16H26Cl3NO5. The average Bonchev–Trinajstić information content (AvgIpc) is 2.50. The number of esters is 1. The van der Waals surface area contributed by atoms with Crippen LogP contribution in [0.2, 0.25) is 0 Å². The monoisotopic (exact) mass is 417 g/mol. The highest BCUT2D eigenvalue weighted by Crippen LogP contribution is 2.29. The first kappa shape index (κ1) is 24.6. The van der Waals surface area contributed by atoms with E-state index in [1.807, 2.05) is 0 Å². The molecule has 0 spiro atoms. The third kappa shape index (κ3) is 6.68. The van der Waals surface area contributed by atoms with Crippen molar-refractivity contribution in [3.8, 4) is 0 Å². The Morgan fingerprint density at radius 1 is 1.12 bits per heavy atom. The molecule has 3 atom stereocenters. The van der Waals surface area contributed by atoms with Crippen LogP contribution >= 0.6 is 34.8 Å². The first-order valence-corrected chi connectivity index (χ1v) is 9.20. The van der Waals surface area contributed by atoms with Gasteiger partial charge in [-0.3, -0.25) is 9.59 Å². The van der Waals surface area contributed by atoms with E-state index in [2.05, 4.69) is 0 Å². The van der Waals surface area contributed by atoms with Crippen LogP contribution in [-0.4, -0.2) is 44.7 Å². The number of hydrogen-bond acceptors (Lipinski definition) is 6. The third-order valence-corrected chi connectivity index (χ3v) is 4.75. The first-order valence-electron chi connectivity index (χ1n) is 7.91. The van der Waals surface area contributed by atoms with E-state index in [9.17, 15) is 19.5 Å². The van der Waals surface area contributed by atoms with Crippen LogP contribution in [0.15, 0.2) is 0 Å². The number of alkyl halides is 3. The summed E-state index contributed by atoms with van der Waals surface area (Å²) in [6, 6.07) is 0. The minimum Gasteiger partial charge on any atom is -0.426 e. The van der Waals surface area contributed by atoms with Crippen LogP contribution in [0.25, 0.3) is 0 Å². The lowest BCUT2D eigenvalue weighted by atomic mass is 9.78. The predicted molar refractivity (Wildman–Crippen MR) is 97.6 cm³/mol. The molecule has 0 fully saturated rings. The second-order valence-electron chi connectivity index (χ2n) is 6.91. The number of halogens is 3. The van der Waals surface area contributed by atoms with Crippen molar-refractivity contribution in [1.82, 2.24) is 0 Å². The molecular weight excluding hydrogens is 393 g/mol. The maximum Gasteiger partial charge on any atom is 0.336 e. The fourth-order valence-corrected chi connectivity index (χ4v) is 2.48. The molecule has 0 saturated carbocycles. The molecule has 9 heteroatoms. The van der Waals surface area contributed by atoms with E-state index < -0.39 is 45.5 Å². The maximum absolute atomic E-state index is 12.8. The van der Waals surface area contributed by atoms with Crippen LogP contribution in [0.3, 0.4) is 0 Å². The largest absolute Gasteiger partial charge is 0.426 e. The number of ketones is 2. The van der Waals surface area contributed by atoms with Crippen molar-refractivity contribution in [2.45, 2.75) is 57.2 Å². The maximum atomic E-state index is 12.8. The topological polar surface area (TPSA) is 107 Å². The molecule has 0 unspecified atom stereocenters. The standard InChI is InChI=1S/C16H26Cl3NO5/c1-8(2)6-15(20,14(24)25-16(18,19)7-17)13(23)10(5)12(22)11(21)9(3)4/h8-11,21H,6-7,20H2,1-5H3/t10-,11+,15+/m1/s1. The summed E-state index contributed by atoms with van der Waals surface area (Å²) >= 11 is 16.9. The van der Waals surface area contributed by atoms with Gasteiger partial charge in [-0.25, -0.2) is 4.79 Å². The Morgan fingerprint density at radius 2 is 1.60 bits per heavy atom. The lowest BCUT2D eigenvalue weighted by Crippen LogP contribution is -2.60. The molecule has 0 amide bonds. The first-order chi connectivity index (χ1) is 11.2. The molecule has 0 aromatic heterocycles. The van der Waals surface area contributed by atoms with Gasteiger partial charge in [0.15, 0.2) is 17.1 Å². The van der Waals surface area contributed by atoms with Crippen LogP contribution in [0.4, 0.5) is 0 Å². The Labute approximate surface area is 163 Å². The third-order valence-electron chi connectivity index (χ3n) is 3.67. The quantitative estimate of drug-likeness (QED) is 0.320. The van der Waals surface area contributed by atoms with Crippen molar-refractivity contribution in [2.24, 2.45) is 23.5 Å². The van der Waals surface area contributed by atoms with Crippen molar-refractivity contribution in [3.05, 3.63) is 0 Å². The molecule has 0 bridgehead atoms. The number of aliphatic hydroxyl groups is 1. The van der Waals surface area contributed by atoms with E-state index in [4.69, 9.17) is 45.3 Å². The van der Waals surface area contributed by atoms with E-state index in [1.165, 1.54) is 6.92 Å². The van der Waals surface area contributed by atoms with Crippen LogP contribution in [0.1, 0.15) is 41.0 Å². The van der Waals surface area contributed by atoms with Crippen molar-refractivity contribution in [1.29, 1.82) is 0 Å². The minimum atomic E-state index is -2.14. The van der Waals surface area contributed by atoms with E-state index in [1.54, 1.807) is 27.7 Å². The Morgan fingerprint density at radius 3 is 1.96 bits per heavy atom. The van der Waals surface area contributed by atoms with Crippen LogP contribution in [0, 0.1) is 17.8 Å². The molecule has 146 valence electrons. The number of Topliss-reactive ketones (excluding diaryl/α,β-unsaturated/α-hetero) is 2. The summed E-state index contributed by atoms with van der Waals surface area (Å²) in [5, 5.41) is 9.91. The van der Waals surface area contributed by atoms with Gasteiger partial charge in [0.2, 0.25) is 0 Å². The van der Waals surface area contributed by atoms with Crippen molar-refractivity contribution in [2.75, 3.05) is 5.88 Å². The Hall–Kier alpha value is -0.400. The molecule has 0 aliphatic heterocycles. The lowest BCUT2D eigenvalue weighted by molar-refractivity contribution is -0.159. The summed E-state index contributed by atoms with van der Waals surface area (Å²) in [6.07, 6.45) is -1.44. The summed E-state index contributed by atoms with van der Waals surface area (Å²) in [7, 11) is 0. The van der Waals surface area contributed by atoms with Crippen LogP contribution < -0.4 is 5.73 Å². The van der Waals surface area contributed by atoms with Gasteiger partial charge < -0.3 is 15.6 Å². The predicted octanol–water partition coefficient (Wildman–Crippen LogP) is 2.43. The normalized spacial score (nSPS) is 17.1. The molecule has 3 N–H and O–H groups in total. The van der Waals surface area contributed by atoms with Crippen molar-refractivity contribution >= 4 is 52.3 Å². The van der Waals surface area contributed by atoms with Crippen molar-refractivity contribution < 1.29 is 24.2 Å². The Bertz CT molecular complexity index is 510. The number of rotatable bonds is 10. The average molecular weight is 419 g/mol. The second-order valence-corrected chi connectivity index (χ2v) is 8.59. The molecule has 0 aliphatic rings. The summed E-state index contributed by atoms with van der Waals surface area (Å²) in [4.78, 5) is 37.6. The Kier molecular flexibility index (Phi) is 9.36. The van der Waals surface area contributed by atoms with Gasteiger partial charge in [0, 0.05) is 0 Å². The molecule has 0 aromatic carbocycles. The number of ether oxygens (including phenoxy) is 1. The SMILES string of the molecule is CC(C)C[C@@](N)(C(=O)OC(Cl)(Cl)CCl)C(=O)[C@H](C)C(=O)[C@@H](O)C(C)C. The molecule has 0 heterocycles. The lowest BCUT2D eigenvalue weighted by Gasteiger charge is -2.32. The van der Waals surface area contributed by atoms with Gasteiger partial charge in [-0.15, -0.1) is 11.6 Å². The number of aliphatic hydroxyl groups excluding tert-OH is 1. The van der Waals surface area contributed by atoms with Gasteiger partial charge in [0.25, 0.3) is 4.52 Å². The zero-order valence-corrected chi connectivity index (χ0v) is 17.3. The van der Waals surface area contributed by atoms with Crippen LogP contribution in [-0.2, 0) is 19.1 Å². The molecule has 6 nitrogen and oxygen atoms in total. The molecule has 0 rings (SSSR count). The highest BCUT2D eigenvalue weighted by Gasteiger charge is 2.50. The van der Waals surface area contributed by atoms with Gasteiger partial charge in [-0.05, 0) is 25.2 Å². The molecule has 0 aromatic rings. The number of hydrogen-bond donors (Lipinski definition) is 2. The molecule has 0 radical (unpaired) electrons. The molecule has 25 heavy (non-hydrogen) atoms. The zero-order chi connectivity index (χ0) is 20.2. The number of carbonyl (C=O) groups is 3.